The summed E-state index contributed by atoms with van der Waals surface area (Å²) in [6, 6.07) is 9.93. The summed E-state index contributed by atoms with van der Waals surface area (Å²) < 4.78 is 11.4. The second kappa shape index (κ2) is 10.8. The number of rotatable bonds is 10. The van der Waals surface area contributed by atoms with Crippen molar-refractivity contribution in [2.45, 2.75) is 20.4 Å². The zero-order chi connectivity index (χ0) is 21.4. The monoisotopic (exact) mass is 465 g/mol. The number of nitrogens with one attached hydrogen (secondary N) is 1. The summed E-state index contributed by atoms with van der Waals surface area (Å²) in [7, 11) is 1.59. The van der Waals surface area contributed by atoms with Gasteiger partial charge in [-0.25, -0.2) is 0 Å². The van der Waals surface area contributed by atoms with Gasteiger partial charge in [-0.1, -0.05) is 13.0 Å². The first-order chi connectivity index (χ1) is 13.9. The van der Waals surface area contributed by atoms with Gasteiger partial charge in [0.1, 0.15) is 0 Å². The number of ether oxygens (including phenoxy) is 2. The molecule has 9 heteroatoms. The van der Waals surface area contributed by atoms with Gasteiger partial charge in [0, 0.05) is 23.2 Å². The largest absolute Gasteiger partial charge is 0.493 e. The Morgan fingerprint density at radius 1 is 1.21 bits per heavy atom. The van der Waals surface area contributed by atoms with Crippen LogP contribution in [-0.4, -0.2) is 42.5 Å². The number of carbonyl (C=O) groups is 1. The molecule has 0 aliphatic heterocycles. The maximum absolute atomic E-state index is 12.5. The van der Waals surface area contributed by atoms with Crippen LogP contribution in [0.25, 0.3) is 0 Å². The molecule has 0 bridgehead atoms. The number of likely N-dealkylation sites (N-methyl/N-ethyl adjacent to an activating group) is 1. The van der Waals surface area contributed by atoms with Crippen molar-refractivity contribution >= 4 is 33.2 Å². The summed E-state index contributed by atoms with van der Waals surface area (Å²) in [5, 5.41) is 13.6. The maximum Gasteiger partial charge on any atom is 0.270 e. The fourth-order valence-corrected chi connectivity index (χ4v) is 3.20. The zero-order valence-electron chi connectivity index (χ0n) is 16.6. The van der Waals surface area contributed by atoms with Crippen LogP contribution in [0.5, 0.6) is 11.5 Å². The second-order valence-corrected chi connectivity index (χ2v) is 7.05. The van der Waals surface area contributed by atoms with Gasteiger partial charge >= 0.3 is 0 Å². The molecule has 156 valence electrons. The third kappa shape index (κ3) is 6.43. The summed E-state index contributed by atoms with van der Waals surface area (Å²) in [5.74, 6) is 1.13. The van der Waals surface area contributed by atoms with Gasteiger partial charge in [-0.15, -0.1) is 0 Å². The fourth-order valence-electron chi connectivity index (χ4n) is 2.73. The molecule has 1 N–H and O–H groups in total. The van der Waals surface area contributed by atoms with Gasteiger partial charge in [0.25, 0.3) is 5.69 Å². The molecule has 2 aromatic carbocycles. The summed E-state index contributed by atoms with van der Waals surface area (Å²) in [6.07, 6.45) is 0. The number of anilines is 1. The number of benzene rings is 2. The van der Waals surface area contributed by atoms with E-state index < -0.39 is 4.92 Å². The van der Waals surface area contributed by atoms with Crippen molar-refractivity contribution in [1.82, 2.24) is 4.90 Å². The van der Waals surface area contributed by atoms with E-state index in [2.05, 4.69) is 21.2 Å². The molecule has 8 nitrogen and oxygen atoms in total. The van der Waals surface area contributed by atoms with Crippen LogP contribution in [0.3, 0.4) is 0 Å². The number of nitro benzene ring substituents is 1. The molecule has 0 aromatic heterocycles. The standard InChI is InChI=1S/C20H24BrN3O5/c1-4-23(12-14-6-9-18(29-5-2)19(10-14)28-3)13-20(25)22-17-8-7-15(24(26)27)11-16(17)21/h6-11H,4-5,12-13H2,1-3H3,(H,22,25). The van der Waals surface area contributed by atoms with E-state index in [0.717, 1.165) is 5.56 Å². The summed E-state index contributed by atoms with van der Waals surface area (Å²) in [6.45, 7) is 5.85. The van der Waals surface area contributed by atoms with Gasteiger partial charge in [0.05, 0.1) is 30.9 Å². The lowest BCUT2D eigenvalue weighted by atomic mass is 10.2. The minimum atomic E-state index is -0.486. The Balaban J connectivity index is 2.02. The van der Waals surface area contributed by atoms with Crippen LogP contribution >= 0.6 is 15.9 Å². The minimum absolute atomic E-state index is 0.0468. The van der Waals surface area contributed by atoms with E-state index in [0.29, 0.717) is 41.4 Å². The maximum atomic E-state index is 12.5. The highest BCUT2D eigenvalue weighted by Gasteiger charge is 2.15. The molecule has 0 radical (unpaired) electrons. The number of methoxy groups -OCH3 is 1. The van der Waals surface area contributed by atoms with Crippen LogP contribution in [-0.2, 0) is 11.3 Å². The van der Waals surface area contributed by atoms with E-state index in [4.69, 9.17) is 9.47 Å². The summed E-state index contributed by atoms with van der Waals surface area (Å²) in [5.41, 5.74) is 1.44. The molecular formula is C20H24BrN3O5. The predicted octanol–water partition coefficient (Wildman–Crippen LogP) is 4.23. The number of halogens is 1. The van der Waals surface area contributed by atoms with Crippen molar-refractivity contribution in [2.75, 3.05) is 32.1 Å². The molecule has 0 saturated heterocycles. The van der Waals surface area contributed by atoms with Gasteiger partial charge < -0.3 is 14.8 Å². The Bertz CT molecular complexity index is 875. The van der Waals surface area contributed by atoms with Gasteiger partial charge in [-0.2, -0.15) is 0 Å². The lowest BCUT2D eigenvalue weighted by Crippen LogP contribution is -2.32. The molecule has 0 atom stereocenters. The van der Waals surface area contributed by atoms with E-state index in [-0.39, 0.29) is 18.1 Å². The van der Waals surface area contributed by atoms with E-state index in [1.165, 1.54) is 18.2 Å². The Morgan fingerprint density at radius 2 is 1.97 bits per heavy atom. The fraction of sp³-hybridized carbons (Fsp3) is 0.350. The van der Waals surface area contributed by atoms with Gasteiger partial charge in [-0.05, 0) is 53.2 Å². The Hall–Kier alpha value is -2.65. The predicted molar refractivity (Wildman–Crippen MR) is 115 cm³/mol. The van der Waals surface area contributed by atoms with Crippen molar-refractivity contribution in [1.29, 1.82) is 0 Å². The number of non-ortho nitro benzene ring substituents is 1. The molecular weight excluding hydrogens is 442 g/mol. The van der Waals surface area contributed by atoms with Crippen LogP contribution in [0, 0.1) is 10.1 Å². The molecule has 0 aliphatic carbocycles. The number of hydrogen-bond acceptors (Lipinski definition) is 6. The van der Waals surface area contributed by atoms with Gasteiger partial charge in [0.15, 0.2) is 11.5 Å². The first-order valence-corrected chi connectivity index (χ1v) is 9.93. The molecule has 0 heterocycles. The quantitative estimate of drug-likeness (QED) is 0.416. The van der Waals surface area contributed by atoms with Crippen LogP contribution in [0.1, 0.15) is 19.4 Å². The van der Waals surface area contributed by atoms with Gasteiger partial charge in [-0.3, -0.25) is 19.8 Å². The summed E-state index contributed by atoms with van der Waals surface area (Å²) in [4.78, 5) is 24.8. The van der Waals surface area contributed by atoms with Crippen molar-refractivity contribution < 1.29 is 19.2 Å². The Labute approximate surface area is 178 Å². The van der Waals surface area contributed by atoms with Crippen LogP contribution in [0.2, 0.25) is 0 Å². The first kappa shape index (κ1) is 22.6. The van der Waals surface area contributed by atoms with Crippen LogP contribution in [0.4, 0.5) is 11.4 Å². The van der Waals surface area contributed by atoms with E-state index in [9.17, 15) is 14.9 Å². The minimum Gasteiger partial charge on any atom is -0.493 e. The lowest BCUT2D eigenvalue weighted by molar-refractivity contribution is -0.384. The highest BCUT2D eigenvalue weighted by atomic mass is 79.9. The number of nitro groups is 1. The average Bonchev–Trinajstić information content (AvgIpc) is 2.70. The van der Waals surface area contributed by atoms with Crippen molar-refractivity contribution in [3.8, 4) is 11.5 Å². The van der Waals surface area contributed by atoms with Crippen LogP contribution < -0.4 is 14.8 Å². The Kier molecular flexibility index (Phi) is 8.41. The molecule has 0 saturated carbocycles. The van der Waals surface area contributed by atoms with Crippen LogP contribution in [0.15, 0.2) is 40.9 Å². The molecule has 1 amide bonds. The van der Waals surface area contributed by atoms with Crippen molar-refractivity contribution in [3.05, 3.63) is 56.5 Å². The third-order valence-electron chi connectivity index (χ3n) is 4.19. The molecule has 2 rings (SSSR count). The molecule has 0 fully saturated rings. The first-order valence-electron chi connectivity index (χ1n) is 9.13. The zero-order valence-corrected chi connectivity index (χ0v) is 18.2. The number of nitrogens with zero attached hydrogens (tertiary/aromatic N) is 2. The lowest BCUT2D eigenvalue weighted by Gasteiger charge is -2.21. The molecule has 29 heavy (non-hydrogen) atoms. The Morgan fingerprint density at radius 3 is 2.55 bits per heavy atom. The van der Waals surface area contributed by atoms with Crippen molar-refractivity contribution in [2.24, 2.45) is 0 Å². The smallest absolute Gasteiger partial charge is 0.270 e. The topological polar surface area (TPSA) is 93.9 Å². The normalized spacial score (nSPS) is 10.7. The van der Waals surface area contributed by atoms with Gasteiger partial charge in [0.2, 0.25) is 5.91 Å². The highest BCUT2D eigenvalue weighted by Crippen LogP contribution is 2.29. The average molecular weight is 466 g/mol. The van der Waals surface area contributed by atoms with E-state index >= 15 is 0 Å². The van der Waals surface area contributed by atoms with Crippen molar-refractivity contribution in [3.63, 3.8) is 0 Å². The molecule has 2 aromatic rings. The second-order valence-electron chi connectivity index (χ2n) is 6.19. The SMILES string of the molecule is CCOc1ccc(CN(CC)CC(=O)Nc2ccc([N+](=O)[O-])cc2Br)cc1OC. The number of amides is 1. The molecule has 0 spiro atoms. The number of carbonyl (C=O) groups excluding carboxylic acids is 1. The molecule has 0 aliphatic rings. The summed E-state index contributed by atoms with van der Waals surface area (Å²) >= 11 is 3.26. The third-order valence-corrected chi connectivity index (χ3v) is 4.84. The number of hydrogen-bond donors (Lipinski definition) is 1. The molecule has 0 unspecified atom stereocenters. The van der Waals surface area contributed by atoms with E-state index in [1.54, 1.807) is 7.11 Å². The highest BCUT2D eigenvalue weighted by molar-refractivity contribution is 9.10. The van der Waals surface area contributed by atoms with E-state index in [1.807, 2.05) is 36.9 Å².